The van der Waals surface area contributed by atoms with E-state index in [0.717, 1.165) is 22.2 Å². The summed E-state index contributed by atoms with van der Waals surface area (Å²) in [5.74, 6) is 0.200. The molecule has 3 heterocycles. The number of ketones is 1. The second-order valence-electron chi connectivity index (χ2n) is 5.24. The molecule has 0 radical (unpaired) electrons. The van der Waals surface area contributed by atoms with Gasteiger partial charge in [0, 0.05) is 28.4 Å². The molecule has 4 rings (SSSR count). The Morgan fingerprint density at radius 1 is 1.09 bits per heavy atom. The number of halogens is 1. The highest BCUT2D eigenvalue weighted by Crippen LogP contribution is 2.29. The fraction of sp³-hybridized carbons (Fsp3) is 0.0556. The number of aryl methyl sites for hydroxylation is 1. The van der Waals surface area contributed by atoms with Crippen LogP contribution in [0.4, 0.5) is 0 Å². The first kappa shape index (κ1) is 13.2. The summed E-state index contributed by atoms with van der Waals surface area (Å²) in [6.45, 7) is 2.00. The lowest BCUT2D eigenvalue weighted by Crippen LogP contribution is -1.99. The molecule has 0 unspecified atom stereocenters. The monoisotopic (exact) mass is 309 g/mol. The number of fused-ring (bicyclic) bond motifs is 3. The molecule has 0 atom stereocenters. The Balaban J connectivity index is 1.88. The number of hydrogen-bond donors (Lipinski definition) is 0. The van der Waals surface area contributed by atoms with E-state index in [-0.39, 0.29) is 5.78 Å². The van der Waals surface area contributed by atoms with Gasteiger partial charge in [-0.3, -0.25) is 4.79 Å². The van der Waals surface area contributed by atoms with Crippen molar-refractivity contribution in [2.45, 2.75) is 6.92 Å². The maximum absolute atomic E-state index is 12.5. The Morgan fingerprint density at radius 3 is 2.64 bits per heavy atom. The van der Waals surface area contributed by atoms with Crippen molar-refractivity contribution >= 4 is 34.0 Å². The fourth-order valence-electron chi connectivity index (χ4n) is 2.76. The van der Waals surface area contributed by atoms with Crippen LogP contribution in [0.25, 0.3) is 16.6 Å². The molecule has 0 fully saturated rings. The van der Waals surface area contributed by atoms with Crippen LogP contribution in [0, 0.1) is 6.92 Å². The topological polar surface area (TPSA) is 34.6 Å². The average Bonchev–Trinajstić information content (AvgIpc) is 3.08. The molecule has 0 aliphatic rings. The van der Waals surface area contributed by atoms with E-state index in [4.69, 9.17) is 16.0 Å². The van der Waals surface area contributed by atoms with Crippen LogP contribution in [0.5, 0.6) is 0 Å². The van der Waals surface area contributed by atoms with Gasteiger partial charge in [-0.2, -0.15) is 0 Å². The van der Waals surface area contributed by atoms with Gasteiger partial charge in [0.25, 0.3) is 0 Å². The van der Waals surface area contributed by atoms with Gasteiger partial charge in [-0.05, 0) is 43.3 Å². The summed E-state index contributed by atoms with van der Waals surface area (Å²) in [5, 5.41) is 0.604. The molecule has 0 aliphatic heterocycles. The summed E-state index contributed by atoms with van der Waals surface area (Å²) in [5.41, 5.74) is 4.34. The van der Waals surface area contributed by atoms with Crippen LogP contribution in [0.15, 0.2) is 59.1 Å². The van der Waals surface area contributed by atoms with E-state index in [1.54, 1.807) is 30.3 Å². The number of aromatic nitrogens is 1. The number of nitrogens with zero attached hydrogens (tertiary/aromatic N) is 1. The molecule has 108 valence electrons. The minimum Gasteiger partial charge on any atom is -0.451 e. The van der Waals surface area contributed by atoms with Crippen LogP contribution in [0.2, 0.25) is 5.02 Å². The quantitative estimate of drug-likeness (QED) is 0.495. The van der Waals surface area contributed by atoms with E-state index >= 15 is 0 Å². The molecular formula is C18H12ClNO2. The summed E-state index contributed by atoms with van der Waals surface area (Å²) in [7, 11) is 0. The van der Waals surface area contributed by atoms with Crippen molar-refractivity contribution in [1.29, 1.82) is 0 Å². The van der Waals surface area contributed by atoms with Crippen molar-refractivity contribution in [2.75, 3.05) is 0 Å². The maximum atomic E-state index is 12.5. The van der Waals surface area contributed by atoms with Gasteiger partial charge in [0.15, 0.2) is 11.3 Å². The molecule has 3 nitrogen and oxygen atoms in total. The number of rotatable bonds is 2. The molecule has 22 heavy (non-hydrogen) atoms. The SMILES string of the molecule is Cc1c2oc(C(=O)c3ccc(Cl)cc3)cc2n2ccccc12. The summed E-state index contributed by atoms with van der Waals surface area (Å²) >= 11 is 5.86. The minimum atomic E-state index is -0.142. The molecule has 0 saturated carbocycles. The van der Waals surface area contributed by atoms with E-state index in [1.807, 2.05) is 35.7 Å². The second-order valence-corrected chi connectivity index (χ2v) is 5.68. The minimum absolute atomic E-state index is 0.142. The van der Waals surface area contributed by atoms with Gasteiger partial charge < -0.3 is 8.82 Å². The van der Waals surface area contributed by atoms with Crippen molar-refractivity contribution in [3.05, 3.63) is 76.6 Å². The van der Waals surface area contributed by atoms with Crippen LogP contribution in [0.3, 0.4) is 0 Å². The zero-order valence-electron chi connectivity index (χ0n) is 11.8. The Hall–Kier alpha value is -2.52. The summed E-state index contributed by atoms with van der Waals surface area (Å²) in [6.07, 6.45) is 1.97. The van der Waals surface area contributed by atoms with Crippen molar-refractivity contribution < 1.29 is 9.21 Å². The average molecular weight is 310 g/mol. The van der Waals surface area contributed by atoms with Crippen LogP contribution < -0.4 is 0 Å². The van der Waals surface area contributed by atoms with Gasteiger partial charge >= 0.3 is 0 Å². The van der Waals surface area contributed by atoms with Gasteiger partial charge in [-0.1, -0.05) is 17.7 Å². The number of hydrogen-bond acceptors (Lipinski definition) is 2. The lowest BCUT2D eigenvalue weighted by atomic mass is 10.1. The third-order valence-electron chi connectivity index (χ3n) is 3.89. The van der Waals surface area contributed by atoms with Crippen molar-refractivity contribution in [3.8, 4) is 0 Å². The predicted octanol–water partition coefficient (Wildman–Crippen LogP) is 4.88. The fourth-order valence-corrected chi connectivity index (χ4v) is 2.89. The van der Waals surface area contributed by atoms with Crippen LogP contribution >= 0.6 is 11.6 Å². The van der Waals surface area contributed by atoms with E-state index < -0.39 is 0 Å². The van der Waals surface area contributed by atoms with E-state index in [2.05, 4.69) is 0 Å². The smallest absolute Gasteiger partial charge is 0.228 e. The van der Waals surface area contributed by atoms with E-state index in [0.29, 0.717) is 16.3 Å². The Labute approximate surface area is 131 Å². The molecule has 3 aromatic heterocycles. The zero-order chi connectivity index (χ0) is 15.3. The number of furan rings is 1. The Morgan fingerprint density at radius 2 is 1.86 bits per heavy atom. The molecule has 1 aromatic carbocycles. The van der Waals surface area contributed by atoms with Crippen molar-refractivity contribution in [3.63, 3.8) is 0 Å². The number of carbonyl (C=O) groups is 1. The first-order valence-electron chi connectivity index (χ1n) is 6.94. The number of benzene rings is 1. The highest BCUT2D eigenvalue weighted by Gasteiger charge is 2.19. The van der Waals surface area contributed by atoms with Gasteiger partial charge in [-0.25, -0.2) is 0 Å². The van der Waals surface area contributed by atoms with Gasteiger partial charge in [0.1, 0.15) is 0 Å². The maximum Gasteiger partial charge on any atom is 0.228 e. The Kier molecular flexibility index (Phi) is 2.84. The molecule has 0 amide bonds. The Bertz CT molecular complexity index is 1010. The second kappa shape index (κ2) is 4.75. The molecule has 0 spiro atoms. The third kappa shape index (κ3) is 1.86. The van der Waals surface area contributed by atoms with Crippen LogP contribution in [-0.4, -0.2) is 10.2 Å². The van der Waals surface area contributed by atoms with Gasteiger partial charge in [-0.15, -0.1) is 0 Å². The predicted molar refractivity (Wildman–Crippen MR) is 86.8 cm³/mol. The molecule has 0 aliphatic carbocycles. The number of carbonyl (C=O) groups excluding carboxylic acids is 1. The summed E-state index contributed by atoms with van der Waals surface area (Å²) < 4.78 is 7.86. The molecule has 0 saturated heterocycles. The van der Waals surface area contributed by atoms with Crippen molar-refractivity contribution in [1.82, 2.24) is 4.40 Å². The zero-order valence-corrected chi connectivity index (χ0v) is 12.6. The lowest BCUT2D eigenvalue weighted by molar-refractivity contribution is 0.101. The number of pyridine rings is 1. The summed E-state index contributed by atoms with van der Waals surface area (Å²) in [4.78, 5) is 12.5. The lowest BCUT2D eigenvalue weighted by Gasteiger charge is -1.98. The molecule has 4 heteroatoms. The molecule has 0 bridgehead atoms. The van der Waals surface area contributed by atoms with E-state index in [9.17, 15) is 4.79 Å². The van der Waals surface area contributed by atoms with Crippen molar-refractivity contribution in [2.24, 2.45) is 0 Å². The largest absolute Gasteiger partial charge is 0.451 e. The van der Waals surface area contributed by atoms with Gasteiger partial charge in [0.2, 0.25) is 5.78 Å². The first-order valence-corrected chi connectivity index (χ1v) is 7.32. The highest BCUT2D eigenvalue weighted by molar-refractivity contribution is 6.30. The summed E-state index contributed by atoms with van der Waals surface area (Å²) in [6, 6.07) is 14.6. The van der Waals surface area contributed by atoms with E-state index in [1.165, 1.54) is 0 Å². The molecule has 4 aromatic rings. The van der Waals surface area contributed by atoms with Gasteiger partial charge in [0.05, 0.1) is 11.0 Å². The molecular weight excluding hydrogens is 298 g/mol. The highest BCUT2D eigenvalue weighted by atomic mass is 35.5. The van der Waals surface area contributed by atoms with Crippen LogP contribution in [0.1, 0.15) is 21.7 Å². The third-order valence-corrected chi connectivity index (χ3v) is 4.14. The van der Waals surface area contributed by atoms with Crippen LogP contribution in [-0.2, 0) is 0 Å². The first-order chi connectivity index (χ1) is 10.6. The standard InChI is InChI=1S/C18H12ClNO2/c1-11-14-4-2-3-9-20(14)15-10-16(22-18(11)15)17(21)12-5-7-13(19)8-6-12/h2-10H,1H3. The normalized spacial score (nSPS) is 11.4. The molecule has 0 N–H and O–H groups in total.